The number of quaternary nitrogens is 1. The number of nitrogens with zero attached hydrogens (tertiary/aromatic N) is 1. The highest BCUT2D eigenvalue weighted by Crippen LogP contribution is 2.43. The van der Waals surface area contributed by atoms with E-state index in [0.29, 0.717) is 17.4 Å². The van der Waals surface area contributed by atoms with Crippen LogP contribution in [0.4, 0.5) is 0 Å². The summed E-state index contributed by atoms with van der Waals surface area (Å²) >= 11 is 0. The van der Waals surface area contributed by atoms with Gasteiger partial charge >= 0.3 is 7.82 Å². The Morgan fingerprint density at radius 2 is 1.15 bits per heavy atom. The Labute approximate surface area is 296 Å². The van der Waals surface area contributed by atoms with E-state index in [1.165, 1.54) is 109 Å². The molecule has 3 unspecified atom stereocenters. The van der Waals surface area contributed by atoms with Crippen LogP contribution >= 0.6 is 7.82 Å². The maximum absolute atomic E-state index is 12.8. The second kappa shape index (κ2) is 31.9. The molecule has 9 heteroatoms. The third kappa shape index (κ3) is 33.5. The summed E-state index contributed by atoms with van der Waals surface area (Å²) in [4.78, 5) is 22.9. The van der Waals surface area contributed by atoms with Crippen molar-refractivity contribution in [1.29, 1.82) is 0 Å². The van der Waals surface area contributed by atoms with Gasteiger partial charge in [-0.05, 0) is 32.1 Å². The molecular weight excluding hydrogens is 623 g/mol. The second-order valence-corrected chi connectivity index (χ2v) is 16.1. The third-order valence-electron chi connectivity index (χ3n) is 8.67. The minimum absolute atomic E-state index is 0.0576. The molecule has 3 atom stereocenters. The molecular formula is C39H78N2O6P+. The van der Waals surface area contributed by atoms with Crippen LogP contribution < -0.4 is 5.32 Å². The lowest BCUT2D eigenvalue weighted by Crippen LogP contribution is -2.45. The van der Waals surface area contributed by atoms with Gasteiger partial charge in [0.05, 0.1) is 39.9 Å². The molecule has 48 heavy (non-hydrogen) atoms. The van der Waals surface area contributed by atoms with Crippen LogP contribution in [0.2, 0.25) is 0 Å². The van der Waals surface area contributed by atoms with E-state index in [9.17, 15) is 19.4 Å². The van der Waals surface area contributed by atoms with Crippen molar-refractivity contribution in [3.05, 3.63) is 24.3 Å². The fourth-order valence-electron chi connectivity index (χ4n) is 5.47. The smallest absolute Gasteiger partial charge is 0.387 e. The summed E-state index contributed by atoms with van der Waals surface area (Å²) in [6.45, 7) is 4.73. The predicted octanol–water partition coefficient (Wildman–Crippen LogP) is 10.2. The quantitative estimate of drug-likeness (QED) is 0.0263. The summed E-state index contributed by atoms with van der Waals surface area (Å²) in [6, 6.07) is -0.855. The van der Waals surface area contributed by atoms with Gasteiger partial charge in [0, 0.05) is 6.42 Å². The monoisotopic (exact) mass is 702 g/mol. The normalized spacial score (nSPS) is 14.9. The number of likely N-dealkylation sites (N-methyl/N-ethyl adjacent to an activating group) is 1. The zero-order chi connectivity index (χ0) is 35.8. The number of unbranched alkanes of at least 4 members (excludes halogenated alkanes) is 20. The van der Waals surface area contributed by atoms with E-state index in [2.05, 4.69) is 31.3 Å². The number of amides is 1. The number of phosphoric ester groups is 1. The summed E-state index contributed by atoms with van der Waals surface area (Å²) in [5.41, 5.74) is 0. The number of hydrogen-bond donors (Lipinski definition) is 3. The van der Waals surface area contributed by atoms with Gasteiger partial charge in [-0.15, -0.1) is 0 Å². The molecule has 0 fully saturated rings. The van der Waals surface area contributed by atoms with E-state index >= 15 is 0 Å². The summed E-state index contributed by atoms with van der Waals surface area (Å²) in [6.07, 6.45) is 35.4. The first kappa shape index (κ1) is 47.0. The topological polar surface area (TPSA) is 105 Å². The van der Waals surface area contributed by atoms with Gasteiger partial charge in [0.1, 0.15) is 13.2 Å². The Bertz CT molecular complexity index is 845. The van der Waals surface area contributed by atoms with Crippen molar-refractivity contribution in [2.24, 2.45) is 0 Å². The van der Waals surface area contributed by atoms with Crippen LogP contribution in [0.15, 0.2) is 24.3 Å². The molecule has 0 aliphatic heterocycles. The second-order valence-electron chi connectivity index (χ2n) is 14.7. The number of rotatable bonds is 35. The number of hydrogen-bond acceptors (Lipinski definition) is 5. The van der Waals surface area contributed by atoms with Crippen LogP contribution in [0, 0.1) is 0 Å². The summed E-state index contributed by atoms with van der Waals surface area (Å²) in [5.74, 6) is -0.189. The summed E-state index contributed by atoms with van der Waals surface area (Å²) in [5, 5.41) is 13.7. The van der Waals surface area contributed by atoms with Gasteiger partial charge in [-0.1, -0.05) is 154 Å². The van der Waals surface area contributed by atoms with Crippen molar-refractivity contribution in [1.82, 2.24) is 5.32 Å². The van der Waals surface area contributed by atoms with E-state index in [4.69, 9.17) is 9.05 Å². The molecule has 1 amide bonds. The average molecular weight is 702 g/mol. The Morgan fingerprint density at radius 1 is 0.688 bits per heavy atom. The minimum Gasteiger partial charge on any atom is -0.387 e. The molecule has 0 saturated carbocycles. The minimum atomic E-state index is -4.33. The highest BCUT2D eigenvalue weighted by atomic mass is 31.2. The van der Waals surface area contributed by atoms with Crippen LogP contribution in [-0.4, -0.2) is 73.4 Å². The highest BCUT2D eigenvalue weighted by Gasteiger charge is 2.27. The van der Waals surface area contributed by atoms with Crippen LogP contribution in [0.1, 0.15) is 168 Å². The van der Waals surface area contributed by atoms with Crippen LogP contribution in [0.5, 0.6) is 0 Å². The standard InChI is InChI=1S/C39H77N2O6P/c1-6-8-10-12-14-16-17-18-19-20-21-22-23-25-27-29-31-33-39(43)40-37(36-47-48(44,45)46-35-34-41(3,4)5)38(42)32-30-28-26-24-15-13-11-9-7-2/h15,24,30,32,37-38,42H,6-14,16-23,25-29,31,33-36H2,1-5H3,(H-,40,43,44,45)/p+1/b24-15+,32-30+. The van der Waals surface area contributed by atoms with Crippen LogP contribution in [-0.2, 0) is 18.4 Å². The number of nitrogens with one attached hydrogen (secondary N) is 1. The van der Waals surface area contributed by atoms with Gasteiger partial charge in [-0.25, -0.2) is 4.57 Å². The zero-order valence-corrected chi connectivity index (χ0v) is 32.9. The maximum atomic E-state index is 12.8. The van der Waals surface area contributed by atoms with Crippen molar-refractivity contribution in [3.8, 4) is 0 Å². The van der Waals surface area contributed by atoms with Gasteiger partial charge in [-0.3, -0.25) is 13.8 Å². The molecule has 0 saturated heterocycles. The molecule has 8 nitrogen and oxygen atoms in total. The molecule has 284 valence electrons. The van der Waals surface area contributed by atoms with E-state index in [-0.39, 0.29) is 19.1 Å². The van der Waals surface area contributed by atoms with E-state index < -0.39 is 20.0 Å². The summed E-state index contributed by atoms with van der Waals surface area (Å²) in [7, 11) is 1.55. The maximum Gasteiger partial charge on any atom is 0.472 e. The van der Waals surface area contributed by atoms with Gasteiger partial charge in [0.25, 0.3) is 0 Å². The largest absolute Gasteiger partial charge is 0.472 e. The first-order valence-corrected chi connectivity index (χ1v) is 21.2. The Kier molecular flexibility index (Phi) is 31.2. The number of carbonyl (C=O) groups excluding carboxylic acids is 1. The van der Waals surface area contributed by atoms with Gasteiger partial charge in [0.15, 0.2) is 0 Å². The van der Waals surface area contributed by atoms with Gasteiger partial charge < -0.3 is 19.8 Å². The zero-order valence-electron chi connectivity index (χ0n) is 32.0. The van der Waals surface area contributed by atoms with Gasteiger partial charge in [-0.2, -0.15) is 0 Å². The molecule has 0 spiro atoms. The molecule has 0 aromatic rings. The van der Waals surface area contributed by atoms with E-state index in [1.54, 1.807) is 6.08 Å². The van der Waals surface area contributed by atoms with E-state index in [0.717, 1.165) is 38.5 Å². The third-order valence-corrected chi connectivity index (χ3v) is 9.66. The SMILES string of the molecule is CCCCC/C=C/CC/C=C/C(O)C(COP(=O)(O)OCC[N+](C)(C)C)NC(=O)CCCCCCCCCCCCCCCCCCC. The lowest BCUT2D eigenvalue weighted by atomic mass is 10.0. The first-order valence-electron chi connectivity index (χ1n) is 19.7. The molecule has 0 bridgehead atoms. The number of allylic oxidation sites excluding steroid dienone is 3. The molecule has 0 radical (unpaired) electrons. The van der Waals surface area contributed by atoms with Crippen molar-refractivity contribution < 1.29 is 32.9 Å². The Balaban J connectivity index is 4.40. The van der Waals surface area contributed by atoms with Crippen molar-refractivity contribution in [3.63, 3.8) is 0 Å². The number of carbonyl (C=O) groups is 1. The van der Waals surface area contributed by atoms with E-state index in [1.807, 2.05) is 27.2 Å². The van der Waals surface area contributed by atoms with Crippen molar-refractivity contribution in [2.75, 3.05) is 40.9 Å². The summed E-state index contributed by atoms with van der Waals surface area (Å²) < 4.78 is 23.4. The van der Waals surface area contributed by atoms with Crippen LogP contribution in [0.25, 0.3) is 0 Å². The molecule has 0 aromatic carbocycles. The van der Waals surface area contributed by atoms with Gasteiger partial charge in [0.2, 0.25) is 5.91 Å². The fraction of sp³-hybridized carbons (Fsp3) is 0.872. The number of aliphatic hydroxyl groups excluding tert-OH is 1. The lowest BCUT2D eigenvalue weighted by molar-refractivity contribution is -0.870. The number of aliphatic hydroxyl groups is 1. The fourth-order valence-corrected chi connectivity index (χ4v) is 6.20. The Hall–Kier alpha value is -1.02. The highest BCUT2D eigenvalue weighted by molar-refractivity contribution is 7.47. The molecule has 0 heterocycles. The lowest BCUT2D eigenvalue weighted by Gasteiger charge is -2.25. The molecule has 3 N–H and O–H groups in total. The number of phosphoric acid groups is 1. The van der Waals surface area contributed by atoms with Crippen LogP contribution in [0.3, 0.4) is 0 Å². The molecule has 0 aliphatic rings. The predicted molar refractivity (Wildman–Crippen MR) is 203 cm³/mol. The average Bonchev–Trinajstić information content (AvgIpc) is 3.02. The first-order chi connectivity index (χ1) is 23.0. The molecule has 0 rings (SSSR count). The molecule has 0 aliphatic carbocycles. The van der Waals surface area contributed by atoms with Crippen molar-refractivity contribution in [2.45, 2.75) is 180 Å². The Morgan fingerprint density at radius 3 is 1.67 bits per heavy atom. The van der Waals surface area contributed by atoms with Crippen molar-refractivity contribution >= 4 is 13.7 Å². The molecule has 0 aromatic heterocycles.